The van der Waals surface area contributed by atoms with Crippen LogP contribution in [0.4, 0.5) is 8.78 Å². The van der Waals surface area contributed by atoms with E-state index in [1.807, 2.05) is 0 Å². The Morgan fingerprint density at radius 1 is 1.15 bits per heavy atom. The maximum absolute atomic E-state index is 9.62. The molecule has 2 aliphatic rings. The Bertz CT molecular complexity index is 143. The Labute approximate surface area is 78.1 Å². The van der Waals surface area contributed by atoms with E-state index in [2.05, 4.69) is 4.90 Å². The van der Waals surface area contributed by atoms with Crippen molar-refractivity contribution in [3.05, 3.63) is 0 Å². The normalized spacial score (nSPS) is 25.2. The average molecular weight is 192 g/mol. The van der Waals surface area contributed by atoms with Crippen molar-refractivity contribution < 1.29 is 8.78 Å². The number of nitrogens with zero attached hydrogens (tertiary/aromatic N) is 1. The van der Waals surface area contributed by atoms with Crippen molar-refractivity contribution in [2.75, 3.05) is 26.6 Å². The smallest absolute Gasteiger partial charge is 0.229 e. The maximum atomic E-state index is 9.62. The molecular weight excluding hydrogens is 174 g/mol. The number of hydrogen-bond donors (Lipinski definition) is 1. The van der Waals surface area contributed by atoms with E-state index >= 15 is 0 Å². The molecule has 0 bridgehead atoms. The first-order valence-corrected chi connectivity index (χ1v) is 4.86. The second-order valence-electron chi connectivity index (χ2n) is 3.72. The molecular formula is C9H18F2N2. The van der Waals surface area contributed by atoms with Crippen LogP contribution in [0, 0.1) is 0 Å². The average Bonchev–Trinajstić information content (AvgIpc) is 2.62. The van der Waals surface area contributed by atoms with Gasteiger partial charge >= 0.3 is 0 Å². The summed E-state index contributed by atoms with van der Waals surface area (Å²) < 4.78 is 19.2. The molecule has 2 aliphatic heterocycles. The van der Waals surface area contributed by atoms with E-state index in [0.29, 0.717) is 5.54 Å². The Balaban J connectivity index is 0.000000251. The van der Waals surface area contributed by atoms with Gasteiger partial charge in [-0.15, -0.1) is 0 Å². The van der Waals surface area contributed by atoms with Gasteiger partial charge in [0.15, 0.2) is 0 Å². The summed E-state index contributed by atoms with van der Waals surface area (Å²) in [6, 6.07) is 0. The van der Waals surface area contributed by atoms with Crippen LogP contribution < -0.4 is 5.73 Å². The third-order valence-corrected chi connectivity index (χ3v) is 3.19. The summed E-state index contributed by atoms with van der Waals surface area (Å²) in [5.74, 6) is 0. The second kappa shape index (κ2) is 4.86. The fourth-order valence-electron chi connectivity index (χ4n) is 2.56. The highest BCUT2D eigenvalue weighted by Gasteiger charge is 2.42. The fourth-order valence-corrected chi connectivity index (χ4v) is 2.56. The molecule has 2 nitrogen and oxygen atoms in total. The minimum absolute atomic E-state index is 0.458. The summed E-state index contributed by atoms with van der Waals surface area (Å²) in [4.78, 5) is 2.59. The van der Waals surface area contributed by atoms with Crippen molar-refractivity contribution in [3.8, 4) is 0 Å². The fraction of sp³-hybridized carbons (Fsp3) is 1.00. The lowest BCUT2D eigenvalue weighted by atomic mass is 9.95. The third-order valence-electron chi connectivity index (χ3n) is 3.19. The highest BCUT2D eigenvalue weighted by molar-refractivity contribution is 5.00. The van der Waals surface area contributed by atoms with Gasteiger partial charge in [0.1, 0.15) is 0 Å². The van der Waals surface area contributed by atoms with E-state index in [-0.39, 0.29) is 0 Å². The van der Waals surface area contributed by atoms with E-state index in [1.54, 1.807) is 0 Å². The van der Waals surface area contributed by atoms with Crippen molar-refractivity contribution in [3.63, 3.8) is 0 Å². The molecule has 0 spiro atoms. The molecule has 2 saturated heterocycles. The molecule has 0 aliphatic carbocycles. The van der Waals surface area contributed by atoms with E-state index < -0.39 is 6.93 Å². The summed E-state index contributed by atoms with van der Waals surface area (Å²) in [5.41, 5.74) is 6.23. The van der Waals surface area contributed by atoms with Gasteiger partial charge in [-0.25, -0.2) is 8.78 Å². The van der Waals surface area contributed by atoms with Crippen LogP contribution in [-0.4, -0.2) is 37.0 Å². The molecule has 2 fully saturated rings. The van der Waals surface area contributed by atoms with Crippen molar-refractivity contribution in [1.29, 1.82) is 0 Å². The van der Waals surface area contributed by atoms with Crippen LogP contribution >= 0.6 is 0 Å². The van der Waals surface area contributed by atoms with Crippen molar-refractivity contribution in [2.24, 2.45) is 5.73 Å². The van der Waals surface area contributed by atoms with Crippen LogP contribution in [0.25, 0.3) is 0 Å². The van der Waals surface area contributed by atoms with Crippen LogP contribution in [-0.2, 0) is 0 Å². The van der Waals surface area contributed by atoms with Gasteiger partial charge in [0.2, 0.25) is 6.93 Å². The van der Waals surface area contributed by atoms with Gasteiger partial charge in [-0.1, -0.05) is 0 Å². The highest BCUT2D eigenvalue weighted by atomic mass is 19.3. The van der Waals surface area contributed by atoms with E-state index in [9.17, 15) is 8.78 Å². The lowest BCUT2D eigenvalue weighted by molar-refractivity contribution is 0.204. The third kappa shape index (κ3) is 2.17. The molecule has 2 heterocycles. The Morgan fingerprint density at radius 3 is 1.92 bits per heavy atom. The minimum Gasteiger partial charge on any atom is -0.329 e. The molecule has 0 saturated carbocycles. The largest absolute Gasteiger partial charge is 0.329 e. The summed E-state index contributed by atoms with van der Waals surface area (Å²) in [5, 5.41) is 0. The monoisotopic (exact) mass is 192 g/mol. The summed E-state index contributed by atoms with van der Waals surface area (Å²) >= 11 is 0. The molecule has 0 unspecified atom stereocenters. The van der Waals surface area contributed by atoms with E-state index in [0.717, 1.165) is 6.54 Å². The Kier molecular flexibility index (Phi) is 4.06. The number of nitrogens with two attached hydrogens (primary N) is 1. The minimum atomic E-state index is -1.75. The van der Waals surface area contributed by atoms with Crippen molar-refractivity contribution >= 4 is 0 Å². The molecule has 13 heavy (non-hydrogen) atoms. The molecule has 2 N–H and O–H groups in total. The van der Waals surface area contributed by atoms with Gasteiger partial charge in [-0.3, -0.25) is 4.90 Å². The van der Waals surface area contributed by atoms with Crippen molar-refractivity contribution in [2.45, 2.75) is 31.2 Å². The molecule has 0 aromatic rings. The van der Waals surface area contributed by atoms with Gasteiger partial charge in [0, 0.05) is 12.1 Å². The van der Waals surface area contributed by atoms with Gasteiger partial charge < -0.3 is 5.73 Å². The SMILES string of the molecule is FCF.NCC12CCCN1CCC2. The van der Waals surface area contributed by atoms with Gasteiger partial charge in [0.25, 0.3) is 0 Å². The lowest BCUT2D eigenvalue weighted by Gasteiger charge is -2.30. The first-order valence-electron chi connectivity index (χ1n) is 4.86. The predicted octanol–water partition coefficient (Wildman–Crippen LogP) is 1.46. The molecule has 78 valence electrons. The number of alkyl halides is 2. The predicted molar refractivity (Wildman–Crippen MR) is 48.9 cm³/mol. The number of rotatable bonds is 1. The molecule has 0 radical (unpaired) electrons. The lowest BCUT2D eigenvalue weighted by Crippen LogP contribution is -2.44. The molecule has 2 rings (SSSR count). The van der Waals surface area contributed by atoms with Crippen LogP contribution in [0.3, 0.4) is 0 Å². The number of halogens is 2. The molecule has 4 heteroatoms. The first-order chi connectivity index (χ1) is 6.29. The van der Waals surface area contributed by atoms with Gasteiger partial charge in [0.05, 0.1) is 0 Å². The van der Waals surface area contributed by atoms with Crippen LogP contribution in [0.15, 0.2) is 0 Å². The zero-order valence-corrected chi connectivity index (χ0v) is 7.94. The molecule has 0 aromatic carbocycles. The number of fused-ring (bicyclic) bond motifs is 1. The topological polar surface area (TPSA) is 29.3 Å². The zero-order valence-electron chi connectivity index (χ0n) is 7.94. The quantitative estimate of drug-likeness (QED) is 0.681. The van der Waals surface area contributed by atoms with Gasteiger partial charge in [-0.05, 0) is 38.8 Å². The van der Waals surface area contributed by atoms with Gasteiger partial charge in [-0.2, -0.15) is 0 Å². The Morgan fingerprint density at radius 2 is 1.62 bits per heavy atom. The highest BCUT2D eigenvalue weighted by Crippen LogP contribution is 2.37. The second-order valence-corrected chi connectivity index (χ2v) is 3.72. The van der Waals surface area contributed by atoms with Crippen molar-refractivity contribution in [1.82, 2.24) is 4.90 Å². The van der Waals surface area contributed by atoms with Crippen LogP contribution in [0.2, 0.25) is 0 Å². The first kappa shape index (κ1) is 10.9. The molecule has 0 atom stereocenters. The van der Waals surface area contributed by atoms with E-state index in [1.165, 1.54) is 38.8 Å². The van der Waals surface area contributed by atoms with Crippen LogP contribution in [0.1, 0.15) is 25.7 Å². The standard InChI is InChI=1S/C8H16N2.CH2F2/c9-7-8-3-1-5-10(8)6-2-4-8;2-1-3/h1-7,9H2;1H2. The summed E-state index contributed by atoms with van der Waals surface area (Å²) in [6.45, 7) is 1.74. The summed E-state index contributed by atoms with van der Waals surface area (Å²) in [7, 11) is 0. The van der Waals surface area contributed by atoms with E-state index in [4.69, 9.17) is 5.73 Å². The number of hydrogen-bond acceptors (Lipinski definition) is 2. The van der Waals surface area contributed by atoms with Crippen LogP contribution in [0.5, 0.6) is 0 Å². The summed E-state index contributed by atoms with van der Waals surface area (Å²) in [6.07, 6.45) is 5.45. The molecule has 0 amide bonds. The maximum Gasteiger partial charge on any atom is 0.229 e. The Hall–Kier alpha value is -0.220. The zero-order chi connectivity index (χ0) is 9.73. The molecule has 0 aromatic heterocycles.